The van der Waals surface area contributed by atoms with Crippen LogP contribution in [0.1, 0.15) is 13.8 Å². The van der Waals surface area contributed by atoms with Crippen molar-refractivity contribution in [2.24, 2.45) is 4.74 Å². The van der Waals surface area contributed by atoms with Gasteiger partial charge in [-0.25, -0.2) is 4.67 Å². The van der Waals surface area contributed by atoms with Gasteiger partial charge in [0, 0.05) is 25.2 Å². The van der Waals surface area contributed by atoms with E-state index in [0.29, 0.717) is 0 Å². The van der Waals surface area contributed by atoms with Crippen LogP contribution in [0, 0.1) is 10.1 Å². The van der Waals surface area contributed by atoms with Crippen LogP contribution in [0.2, 0.25) is 0 Å². The fraction of sp³-hybridized carbons (Fsp3) is 0.400. The monoisotopic (exact) mass is 277 g/mol. The van der Waals surface area contributed by atoms with Crippen LogP contribution in [-0.2, 0) is 0 Å². The third-order valence-electron chi connectivity index (χ3n) is 2.37. The lowest BCUT2D eigenvalue weighted by atomic mass is 10.3. The number of hydrogen-bond donors (Lipinski definition) is 0. The van der Waals surface area contributed by atoms with Crippen molar-refractivity contribution >= 4 is 19.2 Å². The van der Waals surface area contributed by atoms with Gasteiger partial charge in [-0.05, 0) is 12.1 Å². The van der Waals surface area contributed by atoms with Crippen molar-refractivity contribution in [2.75, 3.05) is 13.1 Å². The molecule has 0 aromatic heterocycles. The Kier molecular flexibility index (Phi) is 4.93. The average molecular weight is 277 g/mol. The van der Waals surface area contributed by atoms with E-state index in [2.05, 4.69) is 4.74 Å². The number of nitrogens with zero attached hydrogens (tertiary/aromatic N) is 3. The minimum absolute atomic E-state index is 0.0610. The van der Waals surface area contributed by atoms with E-state index < -0.39 is 12.7 Å². The Bertz CT molecular complexity index is 469. The summed E-state index contributed by atoms with van der Waals surface area (Å²) < 4.78 is 32.0. The maximum Gasteiger partial charge on any atom is 0.372 e. The van der Waals surface area contributed by atoms with Crippen molar-refractivity contribution in [3.63, 3.8) is 0 Å². The number of halogens is 2. The lowest BCUT2D eigenvalue weighted by Crippen LogP contribution is -2.15. The first-order chi connectivity index (χ1) is 8.40. The standard InChI is InChI=1S/C10H14F2N3O2P/c1-3-14(4-2)18(11,12)13-9-5-7-10(8-6-9)15(16)17/h5-8H,3-4H2,1-2H3. The molecule has 0 aliphatic rings. The molecular formula is C10H14F2N3O2P. The molecular weight excluding hydrogens is 263 g/mol. The Morgan fingerprint density at radius 3 is 2.17 bits per heavy atom. The second-order valence-electron chi connectivity index (χ2n) is 3.47. The molecule has 0 fully saturated rings. The fourth-order valence-corrected chi connectivity index (χ4v) is 2.63. The first kappa shape index (κ1) is 14.7. The van der Waals surface area contributed by atoms with E-state index in [1.54, 1.807) is 13.8 Å². The number of rotatable bonds is 5. The zero-order valence-electron chi connectivity index (χ0n) is 10.1. The van der Waals surface area contributed by atoms with Gasteiger partial charge in [0.15, 0.2) is 0 Å². The molecule has 0 amide bonds. The van der Waals surface area contributed by atoms with Gasteiger partial charge in [-0.15, -0.1) is 0 Å². The molecule has 0 spiro atoms. The lowest BCUT2D eigenvalue weighted by Gasteiger charge is -2.20. The molecule has 1 aromatic carbocycles. The Morgan fingerprint density at radius 2 is 1.78 bits per heavy atom. The summed E-state index contributed by atoms with van der Waals surface area (Å²) in [6, 6.07) is 4.80. The Labute approximate surface area is 104 Å². The SMILES string of the molecule is CCN(CC)P(F)(F)=Nc1ccc([N+](=O)[O-])cc1. The van der Waals surface area contributed by atoms with Crippen molar-refractivity contribution in [3.8, 4) is 0 Å². The van der Waals surface area contributed by atoms with Crippen molar-refractivity contribution in [1.82, 2.24) is 4.67 Å². The maximum absolute atomic E-state index is 13.8. The Morgan fingerprint density at radius 1 is 1.28 bits per heavy atom. The van der Waals surface area contributed by atoms with Gasteiger partial charge < -0.3 is 0 Å². The van der Waals surface area contributed by atoms with Gasteiger partial charge in [-0.2, -0.15) is 13.1 Å². The van der Waals surface area contributed by atoms with Crippen LogP contribution in [-0.4, -0.2) is 22.7 Å². The van der Waals surface area contributed by atoms with Crippen molar-refractivity contribution in [1.29, 1.82) is 0 Å². The first-order valence-corrected chi connectivity index (χ1v) is 6.89. The van der Waals surface area contributed by atoms with Crippen molar-refractivity contribution < 1.29 is 13.3 Å². The summed E-state index contributed by atoms with van der Waals surface area (Å²) >= 11 is 0. The molecule has 0 aliphatic heterocycles. The van der Waals surface area contributed by atoms with Crippen molar-refractivity contribution in [3.05, 3.63) is 34.4 Å². The van der Waals surface area contributed by atoms with Crippen LogP contribution in [0.4, 0.5) is 19.8 Å². The van der Waals surface area contributed by atoms with E-state index in [0.717, 1.165) is 4.67 Å². The van der Waals surface area contributed by atoms with Crippen molar-refractivity contribution in [2.45, 2.75) is 13.8 Å². The molecule has 0 bridgehead atoms. The third kappa shape index (κ3) is 3.58. The van der Waals surface area contributed by atoms with E-state index >= 15 is 0 Å². The molecule has 0 unspecified atom stereocenters. The highest BCUT2D eigenvalue weighted by molar-refractivity contribution is 7.53. The molecule has 0 aliphatic carbocycles. The number of nitro benzene ring substituents is 1. The highest BCUT2D eigenvalue weighted by Crippen LogP contribution is 2.58. The lowest BCUT2D eigenvalue weighted by molar-refractivity contribution is -0.384. The van der Waals surface area contributed by atoms with Gasteiger partial charge in [-0.1, -0.05) is 13.8 Å². The quantitative estimate of drug-likeness (QED) is 0.453. The Hall–Kier alpha value is -1.33. The normalized spacial score (nSPS) is 11.6. The first-order valence-electron chi connectivity index (χ1n) is 5.42. The van der Waals surface area contributed by atoms with E-state index in [4.69, 9.17) is 0 Å². The van der Waals surface area contributed by atoms with Crippen LogP contribution in [0.3, 0.4) is 0 Å². The van der Waals surface area contributed by atoms with Gasteiger partial charge in [0.1, 0.15) is 0 Å². The summed E-state index contributed by atoms with van der Waals surface area (Å²) in [5.41, 5.74) is -0.0794. The molecule has 0 heterocycles. The van der Waals surface area contributed by atoms with Crippen LogP contribution >= 0.6 is 7.83 Å². The fourth-order valence-electron chi connectivity index (χ4n) is 1.41. The van der Waals surface area contributed by atoms with Gasteiger partial charge >= 0.3 is 7.83 Å². The van der Waals surface area contributed by atoms with Gasteiger partial charge in [0.05, 0.1) is 10.6 Å². The summed E-state index contributed by atoms with van der Waals surface area (Å²) in [6.45, 7) is 3.72. The number of non-ortho nitro benzene ring substituents is 1. The number of nitro groups is 1. The summed E-state index contributed by atoms with van der Waals surface area (Å²) in [4.78, 5) is 9.84. The molecule has 0 saturated carbocycles. The molecule has 100 valence electrons. The van der Waals surface area contributed by atoms with Crippen LogP contribution in [0.5, 0.6) is 0 Å². The second kappa shape index (κ2) is 6.02. The third-order valence-corrected chi connectivity index (χ3v) is 4.08. The van der Waals surface area contributed by atoms with Crippen LogP contribution < -0.4 is 0 Å². The summed E-state index contributed by atoms with van der Waals surface area (Å²) in [7, 11) is -4.52. The second-order valence-corrected chi connectivity index (χ2v) is 5.15. The smallest absolute Gasteiger partial charge is 0.258 e. The number of hydrogen-bond acceptors (Lipinski definition) is 3. The predicted octanol–water partition coefficient (Wildman–Crippen LogP) is 4.45. The minimum Gasteiger partial charge on any atom is -0.258 e. The molecule has 5 nitrogen and oxygen atoms in total. The Balaban J connectivity index is 3.04. The molecule has 1 rings (SSSR count). The highest BCUT2D eigenvalue weighted by Gasteiger charge is 2.25. The zero-order chi connectivity index (χ0) is 13.8. The summed E-state index contributed by atoms with van der Waals surface area (Å²) in [5, 5.41) is 10.4. The van der Waals surface area contributed by atoms with Gasteiger partial charge in [-0.3, -0.25) is 10.1 Å². The molecule has 1 aromatic rings. The molecule has 18 heavy (non-hydrogen) atoms. The minimum atomic E-state index is -4.52. The highest BCUT2D eigenvalue weighted by atomic mass is 31.2. The predicted molar refractivity (Wildman–Crippen MR) is 67.2 cm³/mol. The van der Waals surface area contributed by atoms with Gasteiger partial charge in [0.2, 0.25) is 0 Å². The summed E-state index contributed by atoms with van der Waals surface area (Å²) in [6.07, 6.45) is 0. The average Bonchev–Trinajstić information content (AvgIpc) is 2.30. The van der Waals surface area contributed by atoms with E-state index in [-0.39, 0.29) is 24.5 Å². The van der Waals surface area contributed by atoms with Gasteiger partial charge in [0.25, 0.3) is 5.69 Å². The summed E-state index contributed by atoms with van der Waals surface area (Å²) in [5.74, 6) is 0. The largest absolute Gasteiger partial charge is 0.372 e. The van der Waals surface area contributed by atoms with E-state index in [1.165, 1.54) is 24.3 Å². The molecule has 0 atom stereocenters. The zero-order valence-corrected chi connectivity index (χ0v) is 11.0. The maximum atomic E-state index is 13.8. The van der Waals surface area contributed by atoms with Crippen LogP contribution in [0.25, 0.3) is 0 Å². The topological polar surface area (TPSA) is 58.7 Å². The molecule has 8 heteroatoms. The molecule has 0 saturated heterocycles. The molecule has 0 N–H and O–H groups in total. The van der Waals surface area contributed by atoms with E-state index in [1.807, 2.05) is 0 Å². The molecule has 0 radical (unpaired) electrons. The van der Waals surface area contributed by atoms with E-state index in [9.17, 15) is 18.5 Å². The number of benzene rings is 1. The van der Waals surface area contributed by atoms with Crippen LogP contribution in [0.15, 0.2) is 29.0 Å².